The summed E-state index contributed by atoms with van der Waals surface area (Å²) in [4.78, 5) is 20.9. The summed E-state index contributed by atoms with van der Waals surface area (Å²) in [5, 5.41) is 16.0. The highest BCUT2D eigenvalue weighted by Gasteiger charge is 2.20. The van der Waals surface area contributed by atoms with Gasteiger partial charge in [-0.2, -0.15) is 0 Å². The van der Waals surface area contributed by atoms with E-state index in [1.54, 1.807) is 32.2 Å². The van der Waals surface area contributed by atoms with Crippen molar-refractivity contribution in [3.63, 3.8) is 0 Å². The minimum Gasteiger partial charge on any atom is -0.394 e. The molecule has 1 aromatic heterocycles. The quantitative estimate of drug-likeness (QED) is 0.786. The molecular formula is C16H22N4O2. The van der Waals surface area contributed by atoms with E-state index in [2.05, 4.69) is 20.6 Å². The van der Waals surface area contributed by atoms with Crippen molar-refractivity contribution in [3.8, 4) is 0 Å². The Morgan fingerprint density at radius 3 is 2.73 bits per heavy atom. The second kappa shape index (κ2) is 6.27. The summed E-state index contributed by atoms with van der Waals surface area (Å²) >= 11 is 0. The van der Waals surface area contributed by atoms with Gasteiger partial charge in [0.05, 0.1) is 17.7 Å². The van der Waals surface area contributed by atoms with Crippen LogP contribution in [0.2, 0.25) is 0 Å². The monoisotopic (exact) mass is 302 g/mol. The Balaban J connectivity index is 2.30. The van der Waals surface area contributed by atoms with E-state index in [4.69, 9.17) is 0 Å². The SMILES string of the molecule is CC(C)Nc1ncc2ccc(C(=O)NC(C)(C)CO)cc2n1. The fraction of sp³-hybridized carbons (Fsp3) is 0.438. The lowest BCUT2D eigenvalue weighted by atomic mass is 10.1. The highest BCUT2D eigenvalue weighted by Crippen LogP contribution is 2.16. The van der Waals surface area contributed by atoms with E-state index in [0.29, 0.717) is 17.0 Å². The first-order valence-corrected chi connectivity index (χ1v) is 7.27. The molecule has 0 atom stereocenters. The lowest BCUT2D eigenvalue weighted by molar-refractivity contribution is 0.0869. The molecule has 0 unspecified atom stereocenters. The van der Waals surface area contributed by atoms with Crippen molar-refractivity contribution in [2.24, 2.45) is 0 Å². The number of carbonyl (C=O) groups is 1. The zero-order chi connectivity index (χ0) is 16.3. The first kappa shape index (κ1) is 16.2. The smallest absolute Gasteiger partial charge is 0.251 e. The molecule has 6 heteroatoms. The van der Waals surface area contributed by atoms with Crippen LogP contribution < -0.4 is 10.6 Å². The van der Waals surface area contributed by atoms with Crippen LogP contribution in [0.1, 0.15) is 38.1 Å². The molecule has 0 aliphatic rings. The number of hydrogen-bond acceptors (Lipinski definition) is 5. The van der Waals surface area contributed by atoms with Crippen LogP contribution in [0.4, 0.5) is 5.95 Å². The molecule has 3 N–H and O–H groups in total. The average molecular weight is 302 g/mol. The van der Waals surface area contributed by atoms with Crippen molar-refractivity contribution in [2.45, 2.75) is 39.3 Å². The van der Waals surface area contributed by atoms with Gasteiger partial charge in [-0.3, -0.25) is 4.79 Å². The first-order valence-electron chi connectivity index (χ1n) is 7.27. The number of hydrogen-bond donors (Lipinski definition) is 3. The molecule has 0 aliphatic heterocycles. The maximum atomic E-state index is 12.2. The lowest BCUT2D eigenvalue weighted by Gasteiger charge is -2.23. The van der Waals surface area contributed by atoms with Crippen LogP contribution in [-0.2, 0) is 0 Å². The van der Waals surface area contributed by atoms with E-state index >= 15 is 0 Å². The first-order chi connectivity index (χ1) is 10.3. The largest absolute Gasteiger partial charge is 0.394 e. The number of fused-ring (bicyclic) bond motifs is 1. The number of anilines is 1. The molecule has 0 spiro atoms. The second-order valence-corrected chi connectivity index (χ2v) is 6.26. The molecule has 2 aromatic rings. The number of nitrogens with one attached hydrogen (secondary N) is 2. The fourth-order valence-electron chi connectivity index (χ4n) is 1.91. The summed E-state index contributed by atoms with van der Waals surface area (Å²) in [5.41, 5.74) is 0.540. The van der Waals surface area contributed by atoms with Crippen LogP contribution in [0.3, 0.4) is 0 Å². The summed E-state index contributed by atoms with van der Waals surface area (Å²) in [5.74, 6) is 0.300. The van der Waals surface area contributed by atoms with E-state index in [1.165, 1.54) is 0 Å². The molecule has 0 radical (unpaired) electrons. The number of benzene rings is 1. The van der Waals surface area contributed by atoms with Crippen LogP contribution in [0.5, 0.6) is 0 Å². The van der Waals surface area contributed by atoms with Crippen molar-refractivity contribution < 1.29 is 9.90 Å². The van der Waals surface area contributed by atoms with Gasteiger partial charge in [-0.15, -0.1) is 0 Å². The third-order valence-corrected chi connectivity index (χ3v) is 3.11. The van der Waals surface area contributed by atoms with Crippen LogP contribution in [-0.4, -0.2) is 39.2 Å². The van der Waals surface area contributed by atoms with Gasteiger partial charge >= 0.3 is 0 Å². The normalized spacial score (nSPS) is 11.7. The number of aromatic nitrogens is 2. The van der Waals surface area contributed by atoms with Crippen LogP contribution >= 0.6 is 0 Å². The predicted molar refractivity (Wildman–Crippen MR) is 86.9 cm³/mol. The van der Waals surface area contributed by atoms with Crippen LogP contribution in [0.25, 0.3) is 10.9 Å². The molecule has 1 amide bonds. The van der Waals surface area contributed by atoms with Crippen molar-refractivity contribution in [1.29, 1.82) is 0 Å². The zero-order valence-corrected chi connectivity index (χ0v) is 13.3. The average Bonchev–Trinajstić information content (AvgIpc) is 2.45. The topological polar surface area (TPSA) is 87.1 Å². The standard InChI is InChI=1S/C16H22N4O2/c1-10(2)18-15-17-8-12-6-5-11(7-13(12)19-15)14(22)20-16(3,4)9-21/h5-8,10,21H,9H2,1-4H3,(H,20,22)(H,17,18,19). The highest BCUT2D eigenvalue weighted by molar-refractivity contribution is 5.98. The Labute approximate surface area is 130 Å². The summed E-state index contributed by atoms with van der Waals surface area (Å²) in [7, 11) is 0. The number of aliphatic hydroxyl groups is 1. The maximum absolute atomic E-state index is 12.2. The van der Waals surface area contributed by atoms with Gasteiger partial charge in [-0.25, -0.2) is 9.97 Å². The van der Waals surface area contributed by atoms with Crippen molar-refractivity contribution in [1.82, 2.24) is 15.3 Å². The Kier molecular flexibility index (Phi) is 4.61. The minimum absolute atomic E-state index is 0.128. The zero-order valence-electron chi connectivity index (χ0n) is 13.3. The molecule has 118 valence electrons. The van der Waals surface area contributed by atoms with Crippen LogP contribution in [0.15, 0.2) is 24.4 Å². The van der Waals surface area contributed by atoms with Crippen LogP contribution in [0, 0.1) is 0 Å². The highest BCUT2D eigenvalue weighted by atomic mass is 16.3. The number of carbonyl (C=O) groups excluding carboxylic acids is 1. The summed E-state index contributed by atoms with van der Waals surface area (Å²) < 4.78 is 0. The molecule has 0 bridgehead atoms. The van der Waals surface area contributed by atoms with Crippen molar-refractivity contribution in [2.75, 3.05) is 11.9 Å². The Bertz CT molecular complexity index is 683. The number of nitrogens with zero attached hydrogens (tertiary/aromatic N) is 2. The van der Waals surface area contributed by atoms with Gasteiger partial charge in [0.25, 0.3) is 5.91 Å². The molecule has 6 nitrogen and oxygen atoms in total. The van der Waals surface area contributed by atoms with Gasteiger partial charge < -0.3 is 15.7 Å². The number of aliphatic hydroxyl groups excluding tert-OH is 1. The van der Waals surface area contributed by atoms with Gasteiger partial charge in [-0.05, 0) is 39.8 Å². The molecule has 1 aromatic carbocycles. The van der Waals surface area contributed by atoms with Gasteiger partial charge in [0.15, 0.2) is 0 Å². The molecule has 0 fully saturated rings. The molecule has 1 heterocycles. The second-order valence-electron chi connectivity index (χ2n) is 6.26. The lowest BCUT2D eigenvalue weighted by Crippen LogP contribution is -2.46. The Morgan fingerprint density at radius 2 is 2.09 bits per heavy atom. The van der Waals surface area contributed by atoms with E-state index in [-0.39, 0.29) is 18.6 Å². The van der Waals surface area contributed by atoms with Gasteiger partial charge in [0.2, 0.25) is 5.95 Å². The molecule has 2 rings (SSSR count). The van der Waals surface area contributed by atoms with Gasteiger partial charge in [0, 0.05) is 23.2 Å². The van der Waals surface area contributed by atoms with Gasteiger partial charge in [-0.1, -0.05) is 6.07 Å². The molecule has 0 saturated carbocycles. The Hall–Kier alpha value is -2.21. The number of rotatable bonds is 5. The molecular weight excluding hydrogens is 280 g/mol. The molecule has 0 aliphatic carbocycles. The summed E-state index contributed by atoms with van der Waals surface area (Å²) in [6.45, 7) is 7.41. The number of amides is 1. The minimum atomic E-state index is -0.665. The van der Waals surface area contributed by atoms with E-state index < -0.39 is 5.54 Å². The van der Waals surface area contributed by atoms with Gasteiger partial charge in [0.1, 0.15) is 0 Å². The summed E-state index contributed by atoms with van der Waals surface area (Å²) in [6, 6.07) is 5.50. The molecule has 0 saturated heterocycles. The van der Waals surface area contributed by atoms with Crippen molar-refractivity contribution >= 4 is 22.8 Å². The Morgan fingerprint density at radius 1 is 1.36 bits per heavy atom. The third kappa shape index (κ3) is 3.92. The summed E-state index contributed by atoms with van der Waals surface area (Å²) in [6.07, 6.45) is 1.73. The van der Waals surface area contributed by atoms with E-state index in [9.17, 15) is 9.90 Å². The van der Waals surface area contributed by atoms with Crippen molar-refractivity contribution in [3.05, 3.63) is 30.0 Å². The van der Waals surface area contributed by atoms with E-state index in [1.807, 2.05) is 19.9 Å². The fourth-order valence-corrected chi connectivity index (χ4v) is 1.91. The predicted octanol–water partition coefficient (Wildman–Crippen LogP) is 1.95. The van der Waals surface area contributed by atoms with E-state index in [0.717, 1.165) is 5.39 Å². The third-order valence-electron chi connectivity index (χ3n) is 3.11. The molecule has 22 heavy (non-hydrogen) atoms. The maximum Gasteiger partial charge on any atom is 0.251 e.